The van der Waals surface area contributed by atoms with Gasteiger partial charge in [0.1, 0.15) is 24.1 Å². The number of hydrogen-bond acceptors (Lipinski definition) is 6. The summed E-state index contributed by atoms with van der Waals surface area (Å²) in [5, 5.41) is 13.1. The number of carbonyl (C=O) groups excluding carboxylic acids is 2. The maximum atomic E-state index is 14.2. The number of fused-ring (bicyclic) bond motifs is 1. The highest BCUT2D eigenvalue weighted by atomic mass is 16.6. The van der Waals surface area contributed by atoms with E-state index in [2.05, 4.69) is 5.32 Å². The van der Waals surface area contributed by atoms with E-state index >= 15 is 0 Å². The summed E-state index contributed by atoms with van der Waals surface area (Å²) >= 11 is 0. The molecule has 1 aliphatic heterocycles. The molecule has 2 N–H and O–H groups in total. The molecule has 2 atom stereocenters. The second-order valence-electron chi connectivity index (χ2n) is 9.61. The summed E-state index contributed by atoms with van der Waals surface area (Å²) in [4.78, 5) is 29.6. The number of hydrogen-bond donors (Lipinski definition) is 2. The van der Waals surface area contributed by atoms with Gasteiger partial charge in [-0.15, -0.1) is 0 Å². The molecule has 8 nitrogen and oxygen atoms in total. The standard InChI is InChI=1S/C30H32N2O6/c1-36-24-17-13-22(14-18-24)32(30(35)27-19-37-25-9-5-6-10-26(25)38-27)28(20-11-15-23(33)16-12-20)29(34)31-21-7-3-2-4-8-21/h5-6,9-18,21,27-28,33H,2-4,7-8,19H2,1H3,(H,31,34)/t27-,28+/m0/s1. The second kappa shape index (κ2) is 11.5. The molecular formula is C30H32N2O6. The molecule has 1 aliphatic carbocycles. The zero-order chi connectivity index (χ0) is 26.5. The number of nitrogens with zero attached hydrogens (tertiary/aromatic N) is 1. The lowest BCUT2D eigenvalue weighted by atomic mass is 9.94. The third-order valence-corrected chi connectivity index (χ3v) is 7.04. The number of rotatable bonds is 7. The van der Waals surface area contributed by atoms with Gasteiger partial charge in [-0.2, -0.15) is 0 Å². The van der Waals surface area contributed by atoms with Gasteiger partial charge in [0.25, 0.3) is 5.91 Å². The molecular weight excluding hydrogens is 484 g/mol. The van der Waals surface area contributed by atoms with Crippen molar-refractivity contribution in [3.05, 3.63) is 78.4 Å². The van der Waals surface area contributed by atoms with Crippen molar-refractivity contribution in [2.45, 2.75) is 50.3 Å². The zero-order valence-corrected chi connectivity index (χ0v) is 21.3. The van der Waals surface area contributed by atoms with E-state index in [4.69, 9.17) is 14.2 Å². The minimum absolute atomic E-state index is 0.00897. The normalized spacial score (nSPS) is 17.8. The highest BCUT2D eigenvalue weighted by molar-refractivity contribution is 6.03. The molecule has 5 rings (SSSR count). The first-order valence-electron chi connectivity index (χ1n) is 13.0. The van der Waals surface area contributed by atoms with Crippen LogP contribution in [-0.4, -0.2) is 42.8 Å². The Morgan fingerprint density at radius 3 is 2.32 bits per heavy atom. The van der Waals surface area contributed by atoms with E-state index in [-0.39, 0.29) is 24.3 Å². The fourth-order valence-corrected chi connectivity index (χ4v) is 5.04. The van der Waals surface area contributed by atoms with Crippen LogP contribution >= 0.6 is 0 Å². The van der Waals surface area contributed by atoms with Crippen molar-refractivity contribution in [3.8, 4) is 23.0 Å². The molecule has 0 unspecified atom stereocenters. The van der Waals surface area contributed by atoms with Crippen LogP contribution in [0.4, 0.5) is 5.69 Å². The summed E-state index contributed by atoms with van der Waals surface area (Å²) in [6.45, 7) is 0.00897. The predicted octanol–water partition coefficient (Wildman–Crippen LogP) is 4.76. The molecule has 0 bridgehead atoms. The van der Waals surface area contributed by atoms with Crippen LogP contribution in [0.15, 0.2) is 72.8 Å². The third kappa shape index (κ3) is 5.54. The number of benzene rings is 3. The Morgan fingerprint density at radius 2 is 1.63 bits per heavy atom. The van der Waals surface area contributed by atoms with Crippen molar-refractivity contribution in [1.82, 2.24) is 5.32 Å². The number of ether oxygens (including phenoxy) is 3. The van der Waals surface area contributed by atoms with Crippen molar-refractivity contribution in [3.63, 3.8) is 0 Å². The van der Waals surface area contributed by atoms with E-state index in [1.807, 2.05) is 12.1 Å². The maximum absolute atomic E-state index is 14.2. The Kier molecular flexibility index (Phi) is 7.67. The summed E-state index contributed by atoms with van der Waals surface area (Å²) in [6.07, 6.45) is 4.12. The first-order chi connectivity index (χ1) is 18.5. The number of aromatic hydroxyl groups is 1. The van der Waals surface area contributed by atoms with Crippen LogP contribution in [-0.2, 0) is 9.59 Å². The quantitative estimate of drug-likeness (QED) is 0.470. The smallest absolute Gasteiger partial charge is 0.272 e. The lowest BCUT2D eigenvalue weighted by molar-refractivity contribution is -0.132. The van der Waals surface area contributed by atoms with Crippen LogP contribution in [0.25, 0.3) is 0 Å². The number of nitrogens with one attached hydrogen (secondary N) is 1. The van der Waals surface area contributed by atoms with E-state index in [9.17, 15) is 14.7 Å². The average Bonchev–Trinajstić information content (AvgIpc) is 2.96. The summed E-state index contributed by atoms with van der Waals surface area (Å²) in [6, 6.07) is 19.6. The van der Waals surface area contributed by atoms with Gasteiger partial charge in [-0.25, -0.2) is 0 Å². The molecule has 198 valence electrons. The molecule has 0 radical (unpaired) electrons. The summed E-state index contributed by atoms with van der Waals surface area (Å²) in [5.74, 6) is 1.03. The Hall–Kier alpha value is -4.20. The molecule has 38 heavy (non-hydrogen) atoms. The van der Waals surface area contributed by atoms with E-state index in [1.54, 1.807) is 55.6 Å². The monoisotopic (exact) mass is 516 g/mol. The van der Waals surface area contributed by atoms with Crippen molar-refractivity contribution in [2.75, 3.05) is 18.6 Å². The van der Waals surface area contributed by atoms with E-state index < -0.39 is 18.1 Å². The van der Waals surface area contributed by atoms with Crippen molar-refractivity contribution in [2.24, 2.45) is 0 Å². The number of phenols is 1. The van der Waals surface area contributed by atoms with Crippen LogP contribution in [0.1, 0.15) is 43.7 Å². The highest BCUT2D eigenvalue weighted by Gasteiger charge is 2.39. The Bertz CT molecular complexity index is 1250. The van der Waals surface area contributed by atoms with Gasteiger partial charge in [-0.05, 0) is 66.9 Å². The van der Waals surface area contributed by atoms with Crippen LogP contribution in [0.5, 0.6) is 23.0 Å². The summed E-state index contributed by atoms with van der Waals surface area (Å²) < 4.78 is 17.2. The predicted molar refractivity (Wildman–Crippen MR) is 143 cm³/mol. The van der Waals surface area contributed by atoms with Gasteiger partial charge in [-0.3, -0.25) is 14.5 Å². The topological polar surface area (TPSA) is 97.3 Å². The van der Waals surface area contributed by atoms with Gasteiger partial charge in [-0.1, -0.05) is 43.5 Å². The molecule has 3 aromatic rings. The number of anilines is 1. The Balaban J connectivity index is 1.54. The molecule has 0 aromatic heterocycles. The molecule has 1 heterocycles. The van der Waals surface area contributed by atoms with Crippen molar-refractivity contribution < 1.29 is 28.9 Å². The van der Waals surface area contributed by atoms with Gasteiger partial charge >= 0.3 is 0 Å². The molecule has 3 aromatic carbocycles. The number of phenolic OH excluding ortho intramolecular Hbond substituents is 1. The fourth-order valence-electron chi connectivity index (χ4n) is 5.04. The molecule has 1 fully saturated rings. The number of methoxy groups -OCH3 is 1. The number of carbonyl (C=O) groups is 2. The zero-order valence-electron chi connectivity index (χ0n) is 21.3. The van der Waals surface area contributed by atoms with E-state index in [0.29, 0.717) is 28.5 Å². The van der Waals surface area contributed by atoms with Crippen LogP contribution in [0.2, 0.25) is 0 Å². The van der Waals surface area contributed by atoms with Gasteiger partial charge in [0, 0.05) is 11.7 Å². The first-order valence-corrected chi connectivity index (χ1v) is 13.0. The molecule has 0 spiro atoms. The van der Waals surface area contributed by atoms with Crippen LogP contribution in [0, 0.1) is 0 Å². The van der Waals surface area contributed by atoms with Crippen molar-refractivity contribution >= 4 is 17.5 Å². The molecule has 1 saturated carbocycles. The fraction of sp³-hybridized carbons (Fsp3) is 0.333. The SMILES string of the molecule is COc1ccc(N(C(=O)[C@@H]2COc3ccccc3O2)[C@@H](C(=O)NC2CCCCC2)c2ccc(O)cc2)cc1. The molecule has 2 aliphatic rings. The minimum atomic E-state index is -1.00. The highest BCUT2D eigenvalue weighted by Crippen LogP contribution is 2.35. The van der Waals surface area contributed by atoms with Gasteiger partial charge in [0.2, 0.25) is 12.0 Å². The van der Waals surface area contributed by atoms with Gasteiger partial charge in [0.15, 0.2) is 11.5 Å². The average molecular weight is 517 g/mol. The second-order valence-corrected chi connectivity index (χ2v) is 9.61. The largest absolute Gasteiger partial charge is 0.508 e. The minimum Gasteiger partial charge on any atom is -0.508 e. The lowest BCUT2D eigenvalue weighted by Gasteiger charge is -2.36. The van der Waals surface area contributed by atoms with Gasteiger partial charge < -0.3 is 24.6 Å². The van der Waals surface area contributed by atoms with E-state index in [0.717, 1.165) is 32.1 Å². The Morgan fingerprint density at radius 1 is 0.947 bits per heavy atom. The first kappa shape index (κ1) is 25.4. The van der Waals surface area contributed by atoms with Gasteiger partial charge in [0.05, 0.1) is 7.11 Å². The third-order valence-electron chi connectivity index (χ3n) is 7.04. The van der Waals surface area contributed by atoms with Crippen LogP contribution in [0.3, 0.4) is 0 Å². The summed E-state index contributed by atoms with van der Waals surface area (Å²) in [7, 11) is 1.57. The lowest BCUT2D eigenvalue weighted by Crippen LogP contribution is -2.52. The molecule has 0 saturated heterocycles. The maximum Gasteiger partial charge on any atom is 0.272 e. The number of para-hydroxylation sites is 2. The molecule has 2 amide bonds. The van der Waals surface area contributed by atoms with E-state index in [1.165, 1.54) is 17.0 Å². The van der Waals surface area contributed by atoms with Crippen molar-refractivity contribution in [1.29, 1.82) is 0 Å². The van der Waals surface area contributed by atoms with Crippen LogP contribution < -0.4 is 24.4 Å². The summed E-state index contributed by atoms with van der Waals surface area (Å²) in [5.41, 5.74) is 1.08. The molecule has 8 heteroatoms. The number of amides is 2. The Labute approximate surface area is 222 Å².